The molecule has 6 N–H and O–H groups in total. The smallest absolute Gasteiger partial charge is 0.265 e. The molecule has 0 aliphatic rings. The molecule has 33 heavy (non-hydrogen) atoms. The first kappa shape index (κ1) is 23.4. The lowest BCUT2D eigenvalue weighted by molar-refractivity contribution is -0.121. The standard InChI is InChI=1S/C26H29N5O2/c1-4-14-33-24-17(2)15-20(16-18(24)3)23(26(32)31-30-22-8-6-5-7-9-22)29-21-12-10-19(11-13-21)25(27)28/h4-13,15-16,23,29-30H,1,14H2,2-3H3,(H3,27,28)(H,31,32). The molecule has 1 unspecified atom stereocenters. The van der Waals surface area contributed by atoms with E-state index >= 15 is 0 Å². The third kappa shape index (κ3) is 6.13. The third-order valence-corrected chi connectivity index (χ3v) is 5.03. The predicted octanol–water partition coefficient (Wildman–Crippen LogP) is 4.45. The molecule has 1 atom stereocenters. The molecule has 0 aliphatic carbocycles. The van der Waals surface area contributed by atoms with E-state index in [4.69, 9.17) is 15.9 Å². The average Bonchev–Trinajstić information content (AvgIpc) is 2.81. The Kier molecular flexibility index (Phi) is 7.70. The Labute approximate surface area is 194 Å². The van der Waals surface area contributed by atoms with E-state index in [9.17, 15) is 4.79 Å². The maximum absolute atomic E-state index is 13.2. The summed E-state index contributed by atoms with van der Waals surface area (Å²) < 4.78 is 5.79. The second-order valence-electron chi connectivity index (χ2n) is 7.63. The number of rotatable bonds is 10. The van der Waals surface area contributed by atoms with Crippen LogP contribution in [0.4, 0.5) is 11.4 Å². The predicted molar refractivity (Wildman–Crippen MR) is 134 cm³/mol. The number of hydrogen-bond acceptors (Lipinski definition) is 5. The van der Waals surface area contributed by atoms with E-state index in [0.717, 1.165) is 33.8 Å². The van der Waals surface area contributed by atoms with Crippen molar-refractivity contribution < 1.29 is 9.53 Å². The molecule has 0 aromatic heterocycles. The van der Waals surface area contributed by atoms with Gasteiger partial charge in [0.05, 0.1) is 5.69 Å². The molecular formula is C26H29N5O2. The van der Waals surface area contributed by atoms with Crippen molar-refractivity contribution >= 4 is 23.1 Å². The summed E-state index contributed by atoms with van der Waals surface area (Å²) in [5.74, 6) is 0.517. The molecule has 0 bridgehead atoms. The molecule has 1 amide bonds. The van der Waals surface area contributed by atoms with Crippen LogP contribution in [0.5, 0.6) is 5.75 Å². The van der Waals surface area contributed by atoms with E-state index in [1.54, 1.807) is 30.3 Å². The maximum Gasteiger partial charge on any atom is 0.265 e. The quantitative estimate of drug-likeness (QED) is 0.138. The fraction of sp³-hybridized carbons (Fsp3) is 0.154. The first-order valence-corrected chi connectivity index (χ1v) is 10.6. The van der Waals surface area contributed by atoms with Crippen LogP contribution >= 0.6 is 0 Å². The number of nitrogens with one attached hydrogen (secondary N) is 4. The topological polar surface area (TPSA) is 112 Å². The zero-order valence-corrected chi connectivity index (χ0v) is 18.8. The number of amides is 1. The molecule has 3 aromatic rings. The van der Waals surface area contributed by atoms with Gasteiger partial charge in [0.1, 0.15) is 24.2 Å². The van der Waals surface area contributed by atoms with Gasteiger partial charge in [-0.15, -0.1) is 0 Å². The lowest BCUT2D eigenvalue weighted by Gasteiger charge is -2.23. The van der Waals surface area contributed by atoms with Gasteiger partial charge in [0.25, 0.3) is 5.91 Å². The van der Waals surface area contributed by atoms with Crippen molar-refractivity contribution in [2.45, 2.75) is 19.9 Å². The van der Waals surface area contributed by atoms with Crippen molar-refractivity contribution in [2.24, 2.45) is 5.73 Å². The van der Waals surface area contributed by atoms with Gasteiger partial charge in [-0.2, -0.15) is 0 Å². The molecule has 3 rings (SSSR count). The molecule has 0 saturated heterocycles. The van der Waals surface area contributed by atoms with Crippen LogP contribution in [0.1, 0.15) is 28.3 Å². The van der Waals surface area contributed by atoms with Gasteiger partial charge in [-0.05, 0) is 79.1 Å². The summed E-state index contributed by atoms with van der Waals surface area (Å²) in [4.78, 5) is 13.2. The number of anilines is 2. The van der Waals surface area contributed by atoms with Crippen LogP contribution in [0.2, 0.25) is 0 Å². The molecule has 7 heteroatoms. The van der Waals surface area contributed by atoms with Gasteiger partial charge in [0, 0.05) is 11.3 Å². The van der Waals surface area contributed by atoms with Crippen LogP contribution in [-0.2, 0) is 4.79 Å². The minimum atomic E-state index is -0.685. The Hall–Kier alpha value is -4.26. The van der Waals surface area contributed by atoms with Crippen LogP contribution in [0.15, 0.2) is 79.4 Å². The average molecular weight is 444 g/mol. The van der Waals surface area contributed by atoms with Crippen molar-refractivity contribution in [3.05, 3.63) is 102 Å². The van der Waals surface area contributed by atoms with Crippen molar-refractivity contribution in [1.29, 1.82) is 5.41 Å². The molecule has 0 heterocycles. The number of nitrogen functional groups attached to an aromatic ring is 1. The second kappa shape index (κ2) is 10.9. The summed E-state index contributed by atoms with van der Waals surface area (Å²) in [5, 5.41) is 10.9. The second-order valence-corrected chi connectivity index (χ2v) is 7.63. The van der Waals surface area contributed by atoms with E-state index in [1.165, 1.54) is 0 Å². The molecule has 7 nitrogen and oxygen atoms in total. The Morgan fingerprint density at radius 1 is 1.06 bits per heavy atom. The molecular weight excluding hydrogens is 414 g/mol. The van der Waals surface area contributed by atoms with E-state index in [0.29, 0.717) is 12.2 Å². The van der Waals surface area contributed by atoms with E-state index < -0.39 is 6.04 Å². The fourth-order valence-corrected chi connectivity index (χ4v) is 3.46. The van der Waals surface area contributed by atoms with Crippen LogP contribution < -0.4 is 26.6 Å². The van der Waals surface area contributed by atoms with Gasteiger partial charge in [0.15, 0.2) is 0 Å². The number of hydrazine groups is 1. The Morgan fingerprint density at radius 3 is 2.27 bits per heavy atom. The Bertz CT molecular complexity index is 1100. The lowest BCUT2D eigenvalue weighted by atomic mass is 9.99. The molecule has 170 valence electrons. The summed E-state index contributed by atoms with van der Waals surface area (Å²) in [5.41, 5.74) is 16.0. The number of carbonyl (C=O) groups excluding carboxylic acids is 1. The number of nitrogens with two attached hydrogens (primary N) is 1. The molecule has 3 aromatic carbocycles. The number of amidine groups is 1. The Morgan fingerprint density at radius 2 is 1.70 bits per heavy atom. The summed E-state index contributed by atoms with van der Waals surface area (Å²) in [6, 6.07) is 19.7. The maximum atomic E-state index is 13.2. The monoisotopic (exact) mass is 443 g/mol. The van der Waals surface area contributed by atoms with E-state index in [2.05, 4.69) is 22.7 Å². The molecule has 0 radical (unpaired) electrons. The Balaban J connectivity index is 1.89. The normalized spacial score (nSPS) is 11.2. The van der Waals surface area contributed by atoms with Crippen LogP contribution in [0.25, 0.3) is 0 Å². The van der Waals surface area contributed by atoms with Gasteiger partial charge in [-0.1, -0.05) is 30.9 Å². The summed E-state index contributed by atoms with van der Waals surface area (Å²) in [7, 11) is 0. The van der Waals surface area contributed by atoms with Crippen LogP contribution in [0.3, 0.4) is 0 Å². The zero-order chi connectivity index (χ0) is 23.8. The lowest BCUT2D eigenvalue weighted by Crippen LogP contribution is -2.37. The highest BCUT2D eigenvalue weighted by atomic mass is 16.5. The molecule has 0 fully saturated rings. The summed E-state index contributed by atoms with van der Waals surface area (Å²) in [6.07, 6.45) is 1.70. The van der Waals surface area contributed by atoms with Gasteiger partial charge in [-0.25, -0.2) is 0 Å². The number of carbonyl (C=O) groups is 1. The first-order valence-electron chi connectivity index (χ1n) is 10.6. The van der Waals surface area contributed by atoms with Gasteiger partial charge >= 0.3 is 0 Å². The number of para-hydroxylation sites is 1. The largest absolute Gasteiger partial charge is 0.489 e. The summed E-state index contributed by atoms with van der Waals surface area (Å²) in [6.45, 7) is 8.01. The number of aryl methyl sites for hydroxylation is 2. The van der Waals surface area contributed by atoms with Gasteiger partial charge < -0.3 is 15.8 Å². The van der Waals surface area contributed by atoms with E-state index in [-0.39, 0.29) is 11.7 Å². The zero-order valence-electron chi connectivity index (χ0n) is 18.8. The molecule has 0 aliphatic heterocycles. The SMILES string of the molecule is C=CCOc1c(C)cc(C(Nc2ccc(C(=N)N)cc2)C(=O)NNc2ccccc2)cc1C. The van der Waals surface area contributed by atoms with E-state index in [1.807, 2.05) is 56.3 Å². The minimum Gasteiger partial charge on any atom is -0.489 e. The van der Waals surface area contributed by atoms with Crippen LogP contribution in [0, 0.1) is 19.3 Å². The number of hydrogen-bond donors (Lipinski definition) is 5. The minimum absolute atomic E-state index is 0.00994. The van der Waals surface area contributed by atoms with Crippen molar-refractivity contribution in [1.82, 2.24) is 5.43 Å². The summed E-state index contributed by atoms with van der Waals surface area (Å²) >= 11 is 0. The highest BCUT2D eigenvalue weighted by Gasteiger charge is 2.23. The highest BCUT2D eigenvalue weighted by Crippen LogP contribution is 2.29. The van der Waals surface area contributed by atoms with Crippen molar-refractivity contribution in [3.8, 4) is 5.75 Å². The van der Waals surface area contributed by atoms with Crippen molar-refractivity contribution in [2.75, 3.05) is 17.3 Å². The fourth-order valence-electron chi connectivity index (χ4n) is 3.46. The number of ether oxygens (including phenoxy) is 1. The third-order valence-electron chi connectivity index (χ3n) is 5.03. The highest BCUT2D eigenvalue weighted by molar-refractivity contribution is 5.95. The van der Waals surface area contributed by atoms with Gasteiger partial charge in [0.2, 0.25) is 0 Å². The van der Waals surface area contributed by atoms with Gasteiger partial charge in [-0.3, -0.25) is 21.1 Å². The van der Waals surface area contributed by atoms with Crippen molar-refractivity contribution in [3.63, 3.8) is 0 Å². The number of benzene rings is 3. The molecule has 0 spiro atoms. The molecule has 0 saturated carbocycles. The van der Waals surface area contributed by atoms with Crippen LogP contribution in [-0.4, -0.2) is 18.3 Å². The first-order chi connectivity index (χ1) is 15.9.